The molecule has 1 aromatic rings. The van der Waals surface area contributed by atoms with Gasteiger partial charge in [-0.25, -0.2) is 0 Å². The van der Waals surface area contributed by atoms with Gasteiger partial charge in [0.1, 0.15) is 0 Å². The Bertz CT molecular complexity index is 585. The molecule has 0 aliphatic heterocycles. The Balaban J connectivity index is 2.82. The molecule has 0 radical (unpaired) electrons. The van der Waals surface area contributed by atoms with Crippen LogP contribution in [0.1, 0.15) is 31.9 Å². The van der Waals surface area contributed by atoms with Gasteiger partial charge in [0.25, 0.3) is 5.91 Å². The maximum absolute atomic E-state index is 13.1. The Hall–Kier alpha value is -1.80. The molecule has 0 aliphatic carbocycles. The highest BCUT2D eigenvalue weighted by molar-refractivity contribution is 5.84. The van der Waals surface area contributed by atoms with Crippen molar-refractivity contribution in [3.63, 3.8) is 0 Å². The Morgan fingerprint density at radius 2 is 1.38 bits per heavy atom. The topological polar surface area (TPSA) is 29.1 Å². The Morgan fingerprint density at radius 3 is 1.75 bits per heavy atom. The zero-order chi connectivity index (χ0) is 19.0. The predicted octanol–water partition coefficient (Wildman–Crippen LogP) is 4.43. The van der Waals surface area contributed by atoms with Gasteiger partial charge in [0.2, 0.25) is 0 Å². The molecule has 1 amide bonds. The summed E-state index contributed by atoms with van der Waals surface area (Å²) in [6, 6.07) is 6.20. The summed E-state index contributed by atoms with van der Waals surface area (Å²) < 4.78 is 87.7. The van der Waals surface area contributed by atoms with Gasteiger partial charge in [-0.2, -0.15) is 30.7 Å². The zero-order valence-corrected chi connectivity index (χ0v) is 13.1. The number of carbonyl (C=O) groups excluding carboxylic acids is 1. The lowest BCUT2D eigenvalue weighted by Gasteiger charge is -2.27. The molecule has 1 rings (SSSR count). The van der Waals surface area contributed by atoms with Crippen LogP contribution in [0.25, 0.3) is 0 Å². The van der Waals surface area contributed by atoms with Crippen LogP contribution in [-0.2, 0) is 16.8 Å². The lowest BCUT2D eigenvalue weighted by molar-refractivity contribution is -0.344. The summed E-state index contributed by atoms with van der Waals surface area (Å²) in [6.07, 6.45) is -6.54. The van der Waals surface area contributed by atoms with Gasteiger partial charge in [0, 0.05) is 6.54 Å². The van der Waals surface area contributed by atoms with Crippen LogP contribution < -0.4 is 5.32 Å². The number of alkyl halides is 7. The van der Waals surface area contributed by atoms with E-state index in [1.165, 1.54) is 17.4 Å². The largest absolute Gasteiger partial charge is 0.460 e. The van der Waals surface area contributed by atoms with Crippen molar-refractivity contribution in [3.05, 3.63) is 35.4 Å². The highest BCUT2D eigenvalue weighted by Gasteiger charge is 2.76. The maximum atomic E-state index is 13.1. The fourth-order valence-corrected chi connectivity index (χ4v) is 1.74. The van der Waals surface area contributed by atoms with E-state index >= 15 is 0 Å². The standard InChI is InChI=1S/C15H16F7NO/c1-12(2,3)10-6-4-9(5-7-10)8-23-11(24)13(16,17)14(18,19)15(20,21)22/h4-7H,8H2,1-3H3,(H,23,24). The molecule has 24 heavy (non-hydrogen) atoms. The monoisotopic (exact) mass is 359 g/mol. The first-order valence-electron chi connectivity index (χ1n) is 6.81. The van der Waals surface area contributed by atoms with Crippen LogP contribution in [0.4, 0.5) is 30.7 Å². The van der Waals surface area contributed by atoms with E-state index in [4.69, 9.17) is 0 Å². The van der Waals surface area contributed by atoms with E-state index in [1.54, 1.807) is 12.1 Å². The van der Waals surface area contributed by atoms with Gasteiger partial charge >= 0.3 is 18.0 Å². The van der Waals surface area contributed by atoms with Crippen LogP contribution in [0, 0.1) is 0 Å². The molecule has 0 saturated heterocycles. The third-order valence-electron chi connectivity index (χ3n) is 3.31. The van der Waals surface area contributed by atoms with Crippen LogP contribution in [-0.4, -0.2) is 23.9 Å². The first-order chi connectivity index (χ1) is 10.6. The number of amides is 1. The molecule has 1 N–H and O–H groups in total. The smallest absolute Gasteiger partial charge is 0.347 e. The quantitative estimate of drug-likeness (QED) is 0.792. The molecule has 9 heteroatoms. The Labute approximate surface area is 134 Å². The number of halogens is 7. The third kappa shape index (κ3) is 3.99. The molecule has 136 valence electrons. The van der Waals surface area contributed by atoms with Crippen molar-refractivity contribution in [2.75, 3.05) is 0 Å². The Kier molecular flexibility index (Phi) is 5.27. The van der Waals surface area contributed by atoms with Crippen molar-refractivity contribution >= 4 is 5.91 Å². The summed E-state index contributed by atoms with van der Waals surface area (Å²) in [5, 5.41) is 1.41. The average Bonchev–Trinajstić information content (AvgIpc) is 2.42. The second-order valence-electron chi connectivity index (χ2n) is 6.28. The molecule has 0 aliphatic rings. The van der Waals surface area contributed by atoms with E-state index in [0.29, 0.717) is 0 Å². The van der Waals surface area contributed by atoms with Gasteiger partial charge in [-0.3, -0.25) is 4.79 Å². The number of hydrogen-bond donors (Lipinski definition) is 1. The lowest BCUT2D eigenvalue weighted by atomic mass is 9.87. The summed E-state index contributed by atoms with van der Waals surface area (Å²) in [7, 11) is 0. The lowest BCUT2D eigenvalue weighted by Crippen LogP contribution is -2.59. The van der Waals surface area contributed by atoms with Gasteiger partial charge in [-0.1, -0.05) is 45.0 Å². The van der Waals surface area contributed by atoms with Crippen LogP contribution in [0.5, 0.6) is 0 Å². The molecule has 1 aromatic carbocycles. The molecule has 0 heterocycles. The minimum atomic E-state index is -6.54. The van der Waals surface area contributed by atoms with Gasteiger partial charge < -0.3 is 5.32 Å². The normalized spacial score (nSPS) is 13.8. The van der Waals surface area contributed by atoms with Gasteiger partial charge in [-0.15, -0.1) is 0 Å². The predicted molar refractivity (Wildman–Crippen MR) is 72.9 cm³/mol. The minimum absolute atomic E-state index is 0.191. The summed E-state index contributed by atoms with van der Waals surface area (Å²) in [4.78, 5) is 11.1. The van der Waals surface area contributed by atoms with Crippen molar-refractivity contribution < 1.29 is 35.5 Å². The summed E-state index contributed by atoms with van der Waals surface area (Å²) >= 11 is 0. The van der Waals surface area contributed by atoms with Gasteiger partial charge in [0.15, 0.2) is 0 Å². The minimum Gasteiger partial charge on any atom is -0.347 e. The summed E-state index contributed by atoms with van der Waals surface area (Å²) in [5.74, 6) is -15.1. The summed E-state index contributed by atoms with van der Waals surface area (Å²) in [5.41, 5.74) is 0.984. The fraction of sp³-hybridized carbons (Fsp3) is 0.533. The van der Waals surface area contributed by atoms with E-state index in [2.05, 4.69) is 0 Å². The van der Waals surface area contributed by atoms with Crippen LogP contribution in [0.15, 0.2) is 24.3 Å². The third-order valence-corrected chi connectivity index (χ3v) is 3.31. The average molecular weight is 359 g/mol. The molecule has 2 nitrogen and oxygen atoms in total. The molecule has 0 saturated carbocycles. The highest BCUT2D eigenvalue weighted by Crippen LogP contribution is 2.46. The van der Waals surface area contributed by atoms with E-state index in [1.807, 2.05) is 20.8 Å². The zero-order valence-electron chi connectivity index (χ0n) is 13.1. The van der Waals surface area contributed by atoms with E-state index in [0.717, 1.165) is 5.56 Å². The first-order valence-corrected chi connectivity index (χ1v) is 6.81. The SMILES string of the molecule is CC(C)(C)c1ccc(CNC(=O)C(F)(F)C(F)(F)C(F)(F)F)cc1. The van der Waals surface area contributed by atoms with Crippen LogP contribution in [0.2, 0.25) is 0 Å². The van der Waals surface area contributed by atoms with Crippen molar-refractivity contribution in [2.45, 2.75) is 50.8 Å². The fourth-order valence-electron chi connectivity index (χ4n) is 1.74. The molecule has 0 fully saturated rings. The Morgan fingerprint density at radius 1 is 0.917 bits per heavy atom. The molecule has 0 aromatic heterocycles. The molecular formula is C15H16F7NO. The van der Waals surface area contributed by atoms with Crippen molar-refractivity contribution in [3.8, 4) is 0 Å². The molecule has 0 unspecified atom stereocenters. The van der Waals surface area contributed by atoms with E-state index in [9.17, 15) is 35.5 Å². The summed E-state index contributed by atoms with van der Waals surface area (Å²) in [6.45, 7) is 5.16. The van der Waals surface area contributed by atoms with Crippen molar-refractivity contribution in [1.82, 2.24) is 5.32 Å². The van der Waals surface area contributed by atoms with Crippen LogP contribution >= 0.6 is 0 Å². The molecule has 0 spiro atoms. The highest BCUT2D eigenvalue weighted by atomic mass is 19.4. The molecule has 0 atom stereocenters. The van der Waals surface area contributed by atoms with Gasteiger partial charge in [-0.05, 0) is 16.5 Å². The van der Waals surface area contributed by atoms with Crippen LogP contribution in [0.3, 0.4) is 0 Å². The maximum Gasteiger partial charge on any atom is 0.460 e. The number of carbonyl (C=O) groups is 1. The van der Waals surface area contributed by atoms with E-state index < -0.39 is 30.5 Å². The number of benzene rings is 1. The van der Waals surface area contributed by atoms with Crippen molar-refractivity contribution in [2.24, 2.45) is 0 Å². The van der Waals surface area contributed by atoms with Gasteiger partial charge in [0.05, 0.1) is 0 Å². The molecular weight excluding hydrogens is 343 g/mol. The second-order valence-corrected chi connectivity index (χ2v) is 6.28. The number of rotatable bonds is 4. The molecule has 0 bridgehead atoms. The number of hydrogen-bond acceptors (Lipinski definition) is 1. The number of nitrogens with one attached hydrogen (secondary N) is 1. The van der Waals surface area contributed by atoms with E-state index in [-0.39, 0.29) is 11.0 Å². The first kappa shape index (κ1) is 20.2. The van der Waals surface area contributed by atoms with Crippen molar-refractivity contribution in [1.29, 1.82) is 0 Å². The second kappa shape index (κ2) is 6.25.